The zero-order valence-corrected chi connectivity index (χ0v) is 13.1. The van der Waals surface area contributed by atoms with E-state index in [1.54, 1.807) is 7.11 Å². The smallest absolute Gasteiger partial charge is 0.122 e. The molecule has 1 aromatic rings. The van der Waals surface area contributed by atoms with Crippen LogP contribution in [0.3, 0.4) is 0 Å². The Hall–Kier alpha value is -1.02. The Morgan fingerprint density at radius 3 is 2.42 bits per heavy atom. The Morgan fingerprint density at radius 1 is 1.32 bits per heavy atom. The molecule has 2 nitrogen and oxygen atoms in total. The fourth-order valence-electron chi connectivity index (χ4n) is 3.13. The third-order valence-corrected chi connectivity index (χ3v) is 4.53. The summed E-state index contributed by atoms with van der Waals surface area (Å²) in [6, 6.07) is 4.95. The highest BCUT2D eigenvalue weighted by atomic mass is 16.5. The third-order valence-electron chi connectivity index (χ3n) is 4.53. The molecule has 2 heteroatoms. The summed E-state index contributed by atoms with van der Waals surface area (Å²) < 4.78 is 5.42. The van der Waals surface area contributed by atoms with Gasteiger partial charge in [-0.2, -0.15) is 0 Å². The summed E-state index contributed by atoms with van der Waals surface area (Å²) in [5.74, 6) is 1.74. The highest BCUT2D eigenvalue weighted by molar-refractivity contribution is 5.43. The van der Waals surface area contributed by atoms with Gasteiger partial charge in [0.2, 0.25) is 0 Å². The Bertz CT molecular complexity index is 465. The van der Waals surface area contributed by atoms with Crippen LogP contribution in [-0.4, -0.2) is 13.7 Å². The van der Waals surface area contributed by atoms with Crippen LogP contribution in [0.15, 0.2) is 12.1 Å². The summed E-state index contributed by atoms with van der Waals surface area (Å²) in [5, 5.41) is 3.68. The zero-order valence-electron chi connectivity index (χ0n) is 13.1. The van der Waals surface area contributed by atoms with Crippen LogP contribution in [0.25, 0.3) is 0 Å². The molecule has 0 saturated heterocycles. The first kappa shape index (κ1) is 14.4. The molecule has 0 spiro atoms. The predicted octanol–water partition coefficient (Wildman–Crippen LogP) is 4.01. The molecule has 2 rings (SSSR count). The minimum Gasteiger partial charge on any atom is -0.496 e. The van der Waals surface area contributed by atoms with E-state index in [2.05, 4.69) is 52.1 Å². The van der Waals surface area contributed by atoms with Gasteiger partial charge >= 0.3 is 0 Å². The Labute approximate surface area is 117 Å². The first-order chi connectivity index (χ1) is 8.90. The van der Waals surface area contributed by atoms with E-state index in [0.29, 0.717) is 11.5 Å². The molecule has 1 aromatic carbocycles. The summed E-state index contributed by atoms with van der Waals surface area (Å²) in [6.45, 7) is 12.3. The first-order valence-corrected chi connectivity index (χ1v) is 7.29. The van der Waals surface area contributed by atoms with Crippen molar-refractivity contribution in [2.45, 2.75) is 47.1 Å². The van der Waals surface area contributed by atoms with E-state index in [1.165, 1.54) is 23.1 Å². The first-order valence-electron chi connectivity index (χ1n) is 7.29. The van der Waals surface area contributed by atoms with Crippen molar-refractivity contribution in [3.05, 3.63) is 28.8 Å². The van der Waals surface area contributed by atoms with Crippen LogP contribution in [0.2, 0.25) is 0 Å². The van der Waals surface area contributed by atoms with Gasteiger partial charge in [-0.25, -0.2) is 0 Å². The molecule has 0 aliphatic heterocycles. The Kier molecular flexibility index (Phi) is 3.91. The number of rotatable bonds is 5. The monoisotopic (exact) mass is 261 g/mol. The van der Waals surface area contributed by atoms with Crippen LogP contribution < -0.4 is 10.1 Å². The number of methoxy groups -OCH3 is 1. The maximum Gasteiger partial charge on any atom is 0.122 e. The number of hydrogen-bond acceptors (Lipinski definition) is 2. The Morgan fingerprint density at radius 2 is 1.95 bits per heavy atom. The fourth-order valence-corrected chi connectivity index (χ4v) is 3.13. The number of benzene rings is 1. The Balaban J connectivity index is 2.34. The number of aryl methyl sites for hydroxylation is 2. The molecule has 2 atom stereocenters. The third kappa shape index (κ3) is 2.79. The molecule has 1 aliphatic carbocycles. The van der Waals surface area contributed by atoms with Crippen molar-refractivity contribution < 1.29 is 4.74 Å². The average Bonchev–Trinajstić information content (AvgIpc) is 2.98. The van der Waals surface area contributed by atoms with Crippen LogP contribution in [0.1, 0.15) is 49.9 Å². The lowest BCUT2D eigenvalue weighted by Gasteiger charge is -2.23. The van der Waals surface area contributed by atoms with E-state index < -0.39 is 0 Å². The molecule has 0 radical (unpaired) electrons. The normalized spacial score (nSPS) is 22.1. The second-order valence-corrected chi connectivity index (χ2v) is 6.51. The van der Waals surface area contributed by atoms with Gasteiger partial charge in [0, 0.05) is 6.04 Å². The van der Waals surface area contributed by atoms with Crippen LogP contribution in [-0.2, 0) is 0 Å². The summed E-state index contributed by atoms with van der Waals surface area (Å²) >= 11 is 0. The second kappa shape index (κ2) is 5.16. The van der Waals surface area contributed by atoms with Crippen LogP contribution in [0.4, 0.5) is 0 Å². The van der Waals surface area contributed by atoms with Crippen LogP contribution >= 0.6 is 0 Å². The summed E-state index contributed by atoms with van der Waals surface area (Å²) in [5.41, 5.74) is 4.48. The number of hydrogen-bond donors (Lipinski definition) is 1. The minimum atomic E-state index is 0.476. The molecule has 1 aliphatic rings. The second-order valence-electron chi connectivity index (χ2n) is 6.51. The molecule has 0 heterocycles. The molecular weight excluding hydrogens is 234 g/mol. The lowest BCUT2D eigenvalue weighted by atomic mass is 9.92. The van der Waals surface area contributed by atoms with Gasteiger partial charge in [0.1, 0.15) is 5.75 Å². The van der Waals surface area contributed by atoms with Crippen molar-refractivity contribution in [2.24, 2.45) is 11.3 Å². The van der Waals surface area contributed by atoms with Gasteiger partial charge in [-0.05, 0) is 60.9 Å². The van der Waals surface area contributed by atoms with Crippen LogP contribution in [0, 0.1) is 25.2 Å². The van der Waals surface area contributed by atoms with Crippen molar-refractivity contribution in [1.82, 2.24) is 5.32 Å². The molecule has 106 valence electrons. The molecule has 19 heavy (non-hydrogen) atoms. The maximum absolute atomic E-state index is 5.42. The van der Waals surface area contributed by atoms with E-state index in [-0.39, 0.29) is 0 Å². The van der Waals surface area contributed by atoms with Crippen molar-refractivity contribution in [1.29, 1.82) is 0 Å². The summed E-state index contributed by atoms with van der Waals surface area (Å²) in [7, 11) is 1.74. The van der Waals surface area contributed by atoms with E-state index in [9.17, 15) is 0 Å². The van der Waals surface area contributed by atoms with E-state index in [1.807, 2.05) is 0 Å². The average molecular weight is 261 g/mol. The largest absolute Gasteiger partial charge is 0.496 e. The summed E-state index contributed by atoms with van der Waals surface area (Å²) in [4.78, 5) is 0. The molecule has 2 unspecified atom stereocenters. The fraction of sp³-hybridized carbons (Fsp3) is 0.647. The highest BCUT2D eigenvalue weighted by Gasteiger charge is 2.50. The van der Waals surface area contributed by atoms with E-state index >= 15 is 0 Å². The van der Waals surface area contributed by atoms with E-state index in [4.69, 9.17) is 4.74 Å². The minimum absolute atomic E-state index is 0.476. The van der Waals surface area contributed by atoms with Crippen molar-refractivity contribution in [2.75, 3.05) is 13.7 Å². The molecular formula is C17H27NO. The summed E-state index contributed by atoms with van der Waals surface area (Å²) in [6.07, 6.45) is 1.31. The number of ether oxygens (including phenoxy) is 1. The van der Waals surface area contributed by atoms with Gasteiger partial charge in [-0.1, -0.05) is 26.8 Å². The van der Waals surface area contributed by atoms with Gasteiger partial charge in [0.25, 0.3) is 0 Å². The molecule has 1 fully saturated rings. The van der Waals surface area contributed by atoms with Gasteiger partial charge in [0.05, 0.1) is 7.11 Å². The van der Waals surface area contributed by atoms with Gasteiger partial charge in [0.15, 0.2) is 0 Å². The zero-order chi connectivity index (χ0) is 14.2. The molecule has 1 saturated carbocycles. The van der Waals surface area contributed by atoms with Gasteiger partial charge in [-0.3, -0.25) is 0 Å². The molecule has 1 N–H and O–H groups in total. The SMILES string of the molecule is CCNC(c1cc(C)c(OC)cc1C)C1CC1(C)C. The van der Waals surface area contributed by atoms with Crippen molar-refractivity contribution in [3.8, 4) is 5.75 Å². The van der Waals surface area contributed by atoms with Crippen molar-refractivity contribution in [3.63, 3.8) is 0 Å². The standard InChI is InChI=1S/C17H27NO/c1-7-18-16(14-10-17(14,4)5)13-8-12(3)15(19-6)9-11(13)2/h8-9,14,16,18H,7,10H2,1-6H3. The highest BCUT2D eigenvalue weighted by Crippen LogP contribution is 2.58. The van der Waals surface area contributed by atoms with Gasteiger partial charge in [-0.15, -0.1) is 0 Å². The van der Waals surface area contributed by atoms with Crippen molar-refractivity contribution >= 4 is 0 Å². The van der Waals surface area contributed by atoms with E-state index in [0.717, 1.165) is 18.2 Å². The molecule has 0 bridgehead atoms. The lowest BCUT2D eigenvalue weighted by molar-refractivity contribution is 0.406. The van der Waals surface area contributed by atoms with Crippen LogP contribution in [0.5, 0.6) is 5.75 Å². The quantitative estimate of drug-likeness (QED) is 0.864. The number of nitrogens with one attached hydrogen (secondary N) is 1. The maximum atomic E-state index is 5.42. The topological polar surface area (TPSA) is 21.3 Å². The molecule has 0 amide bonds. The molecule has 0 aromatic heterocycles. The predicted molar refractivity (Wildman–Crippen MR) is 80.8 cm³/mol. The van der Waals surface area contributed by atoms with Gasteiger partial charge < -0.3 is 10.1 Å². The lowest BCUT2D eigenvalue weighted by Crippen LogP contribution is -2.25.